The van der Waals surface area contributed by atoms with Gasteiger partial charge in [0.15, 0.2) is 0 Å². The standard InChI is InChI=1S/C11H14O2/c1-9-4-2-3-5-10(9)8-11-6-7-12-13-11/h2-5,11H,6-8H2,1H3. The third kappa shape index (κ3) is 2.08. The van der Waals surface area contributed by atoms with Crippen LogP contribution in [0.5, 0.6) is 0 Å². The van der Waals surface area contributed by atoms with Crippen molar-refractivity contribution >= 4 is 0 Å². The van der Waals surface area contributed by atoms with Gasteiger partial charge in [0.2, 0.25) is 0 Å². The molecule has 0 aliphatic carbocycles. The summed E-state index contributed by atoms with van der Waals surface area (Å²) in [5, 5.41) is 0. The van der Waals surface area contributed by atoms with Crippen molar-refractivity contribution in [2.45, 2.75) is 25.9 Å². The summed E-state index contributed by atoms with van der Waals surface area (Å²) in [5.41, 5.74) is 2.69. The maximum atomic E-state index is 5.11. The second-order valence-electron chi connectivity index (χ2n) is 3.46. The smallest absolute Gasteiger partial charge is 0.0993 e. The Morgan fingerprint density at radius 3 is 2.92 bits per heavy atom. The van der Waals surface area contributed by atoms with Gasteiger partial charge in [0.25, 0.3) is 0 Å². The van der Waals surface area contributed by atoms with Crippen molar-refractivity contribution in [3.8, 4) is 0 Å². The van der Waals surface area contributed by atoms with Gasteiger partial charge in [-0.1, -0.05) is 24.3 Å². The number of hydrogen-bond acceptors (Lipinski definition) is 2. The highest BCUT2D eigenvalue weighted by molar-refractivity contribution is 5.26. The molecule has 1 unspecified atom stereocenters. The molecule has 13 heavy (non-hydrogen) atoms. The van der Waals surface area contributed by atoms with E-state index in [2.05, 4.69) is 31.2 Å². The van der Waals surface area contributed by atoms with Crippen LogP contribution in [0.4, 0.5) is 0 Å². The molecule has 0 radical (unpaired) electrons. The molecule has 1 aromatic carbocycles. The molecular weight excluding hydrogens is 164 g/mol. The molecule has 0 saturated carbocycles. The van der Waals surface area contributed by atoms with Crippen LogP contribution in [0.2, 0.25) is 0 Å². The fourth-order valence-corrected chi connectivity index (χ4v) is 1.59. The van der Waals surface area contributed by atoms with Crippen LogP contribution < -0.4 is 0 Å². The van der Waals surface area contributed by atoms with E-state index in [0.717, 1.165) is 19.4 Å². The van der Waals surface area contributed by atoms with Crippen molar-refractivity contribution < 1.29 is 9.78 Å². The van der Waals surface area contributed by atoms with Gasteiger partial charge in [0.05, 0.1) is 12.7 Å². The molecule has 1 atom stereocenters. The van der Waals surface area contributed by atoms with E-state index < -0.39 is 0 Å². The largest absolute Gasteiger partial charge is 0.236 e. The number of hydrogen-bond donors (Lipinski definition) is 0. The SMILES string of the molecule is Cc1ccccc1CC1CCOO1. The molecule has 0 bridgehead atoms. The zero-order valence-corrected chi connectivity index (χ0v) is 7.82. The summed E-state index contributed by atoms with van der Waals surface area (Å²) < 4.78 is 0. The molecular formula is C11H14O2. The van der Waals surface area contributed by atoms with E-state index in [1.807, 2.05) is 0 Å². The molecule has 1 aliphatic heterocycles. The summed E-state index contributed by atoms with van der Waals surface area (Å²) in [7, 11) is 0. The molecule has 2 rings (SSSR count). The minimum absolute atomic E-state index is 0.251. The number of rotatable bonds is 2. The molecule has 1 heterocycles. The van der Waals surface area contributed by atoms with Crippen molar-refractivity contribution in [3.63, 3.8) is 0 Å². The van der Waals surface area contributed by atoms with Gasteiger partial charge in [-0.3, -0.25) is 0 Å². The molecule has 0 N–H and O–H groups in total. The third-order valence-corrected chi connectivity index (χ3v) is 2.44. The van der Waals surface area contributed by atoms with Crippen LogP contribution in [-0.4, -0.2) is 12.7 Å². The lowest BCUT2D eigenvalue weighted by molar-refractivity contribution is -0.273. The van der Waals surface area contributed by atoms with Crippen LogP contribution >= 0.6 is 0 Å². The van der Waals surface area contributed by atoms with E-state index in [0.29, 0.717) is 0 Å². The highest BCUT2D eigenvalue weighted by atomic mass is 17.2. The van der Waals surface area contributed by atoms with Crippen LogP contribution in [0.15, 0.2) is 24.3 Å². The normalized spacial score (nSPS) is 22.1. The Morgan fingerprint density at radius 1 is 1.38 bits per heavy atom. The third-order valence-electron chi connectivity index (χ3n) is 2.44. The van der Waals surface area contributed by atoms with E-state index in [1.165, 1.54) is 11.1 Å². The fourth-order valence-electron chi connectivity index (χ4n) is 1.59. The van der Waals surface area contributed by atoms with E-state index in [4.69, 9.17) is 9.78 Å². The van der Waals surface area contributed by atoms with Crippen LogP contribution in [0.3, 0.4) is 0 Å². The van der Waals surface area contributed by atoms with Crippen LogP contribution in [-0.2, 0) is 16.2 Å². The molecule has 1 fully saturated rings. The van der Waals surface area contributed by atoms with E-state index in [1.54, 1.807) is 0 Å². The molecule has 1 saturated heterocycles. The van der Waals surface area contributed by atoms with Gasteiger partial charge in [-0.05, 0) is 18.1 Å². The maximum Gasteiger partial charge on any atom is 0.0993 e. The zero-order valence-electron chi connectivity index (χ0n) is 7.82. The molecule has 0 aromatic heterocycles. The number of benzene rings is 1. The Bertz CT molecular complexity index is 277. The first-order valence-electron chi connectivity index (χ1n) is 4.69. The monoisotopic (exact) mass is 178 g/mol. The van der Waals surface area contributed by atoms with Crippen molar-refractivity contribution in [2.24, 2.45) is 0 Å². The molecule has 0 amide bonds. The Labute approximate surface area is 78.4 Å². The molecule has 2 heteroatoms. The highest BCUT2D eigenvalue weighted by Crippen LogP contribution is 2.17. The van der Waals surface area contributed by atoms with Crippen molar-refractivity contribution in [1.82, 2.24) is 0 Å². The summed E-state index contributed by atoms with van der Waals surface area (Å²) in [6.45, 7) is 2.86. The molecule has 1 aliphatic rings. The Hall–Kier alpha value is -0.860. The average Bonchev–Trinajstić information content (AvgIpc) is 2.61. The minimum atomic E-state index is 0.251. The van der Waals surface area contributed by atoms with Crippen molar-refractivity contribution in [2.75, 3.05) is 6.61 Å². The molecule has 1 aromatic rings. The predicted molar refractivity (Wildman–Crippen MR) is 50.3 cm³/mol. The summed E-state index contributed by atoms with van der Waals surface area (Å²) in [4.78, 5) is 9.98. The maximum absolute atomic E-state index is 5.11. The van der Waals surface area contributed by atoms with Gasteiger partial charge in [-0.25, -0.2) is 9.78 Å². The molecule has 70 valence electrons. The molecule has 2 nitrogen and oxygen atoms in total. The summed E-state index contributed by atoms with van der Waals surface area (Å²) in [6.07, 6.45) is 2.22. The predicted octanol–water partition coefficient (Wildman–Crippen LogP) is 2.26. The van der Waals surface area contributed by atoms with Gasteiger partial charge in [0.1, 0.15) is 0 Å². The van der Waals surface area contributed by atoms with E-state index >= 15 is 0 Å². The minimum Gasteiger partial charge on any atom is -0.236 e. The van der Waals surface area contributed by atoms with E-state index in [9.17, 15) is 0 Å². The Morgan fingerprint density at radius 2 is 2.23 bits per heavy atom. The Balaban J connectivity index is 2.04. The van der Waals surface area contributed by atoms with Gasteiger partial charge < -0.3 is 0 Å². The first-order chi connectivity index (χ1) is 6.36. The molecule has 0 spiro atoms. The van der Waals surface area contributed by atoms with Gasteiger partial charge >= 0.3 is 0 Å². The van der Waals surface area contributed by atoms with Gasteiger partial charge in [-0.15, -0.1) is 0 Å². The lowest BCUT2D eigenvalue weighted by atomic mass is 10.0. The highest BCUT2D eigenvalue weighted by Gasteiger charge is 2.17. The van der Waals surface area contributed by atoms with Crippen LogP contribution in [0, 0.1) is 6.92 Å². The second-order valence-corrected chi connectivity index (χ2v) is 3.46. The first-order valence-corrected chi connectivity index (χ1v) is 4.69. The van der Waals surface area contributed by atoms with Gasteiger partial charge in [-0.2, -0.15) is 0 Å². The summed E-state index contributed by atoms with van der Waals surface area (Å²) in [6, 6.07) is 8.41. The lowest BCUT2D eigenvalue weighted by Crippen LogP contribution is -2.09. The van der Waals surface area contributed by atoms with Gasteiger partial charge in [0, 0.05) is 12.8 Å². The average molecular weight is 178 g/mol. The number of aryl methyl sites for hydroxylation is 1. The topological polar surface area (TPSA) is 18.5 Å². The zero-order chi connectivity index (χ0) is 9.10. The van der Waals surface area contributed by atoms with Crippen molar-refractivity contribution in [3.05, 3.63) is 35.4 Å². The van der Waals surface area contributed by atoms with Crippen LogP contribution in [0.1, 0.15) is 17.5 Å². The second kappa shape index (κ2) is 3.90. The lowest BCUT2D eigenvalue weighted by Gasteiger charge is -2.08. The Kier molecular flexibility index (Phi) is 2.62. The van der Waals surface area contributed by atoms with E-state index in [-0.39, 0.29) is 6.10 Å². The summed E-state index contributed by atoms with van der Waals surface area (Å²) >= 11 is 0. The fraction of sp³-hybridized carbons (Fsp3) is 0.455. The van der Waals surface area contributed by atoms with Crippen LogP contribution in [0.25, 0.3) is 0 Å². The quantitative estimate of drug-likeness (QED) is 0.647. The first kappa shape index (κ1) is 8.73. The van der Waals surface area contributed by atoms with Crippen molar-refractivity contribution in [1.29, 1.82) is 0 Å². The summed E-state index contributed by atoms with van der Waals surface area (Å²) in [5.74, 6) is 0.